The molecule has 1 amide bonds. The van der Waals surface area contributed by atoms with Crippen LogP contribution in [0.2, 0.25) is 0 Å². The Kier molecular flexibility index (Phi) is 6.56. The quantitative estimate of drug-likeness (QED) is 0.790. The van der Waals surface area contributed by atoms with Crippen molar-refractivity contribution in [2.24, 2.45) is 0 Å². The lowest BCUT2D eigenvalue weighted by molar-refractivity contribution is -0.137. The van der Waals surface area contributed by atoms with Crippen LogP contribution in [0.25, 0.3) is 0 Å². The minimum atomic E-state index is -4.38. The van der Waals surface area contributed by atoms with Crippen molar-refractivity contribution in [2.75, 3.05) is 7.11 Å². The summed E-state index contributed by atoms with van der Waals surface area (Å²) in [6.45, 7) is 0. The predicted molar refractivity (Wildman–Crippen MR) is 98.5 cm³/mol. The van der Waals surface area contributed by atoms with Gasteiger partial charge in [-0.15, -0.1) is 0 Å². The van der Waals surface area contributed by atoms with Crippen LogP contribution in [0, 0.1) is 0 Å². The van der Waals surface area contributed by atoms with E-state index in [1.54, 1.807) is 0 Å². The van der Waals surface area contributed by atoms with Crippen LogP contribution in [0.5, 0.6) is 11.8 Å². The molecule has 1 aliphatic carbocycles. The van der Waals surface area contributed by atoms with E-state index in [0.29, 0.717) is 17.3 Å². The minimum Gasteiger partial charge on any atom is -0.480 e. The second kappa shape index (κ2) is 9.11. The van der Waals surface area contributed by atoms with Crippen LogP contribution in [0.15, 0.2) is 36.7 Å². The summed E-state index contributed by atoms with van der Waals surface area (Å²) in [6, 6.07) is 4.68. The van der Waals surface area contributed by atoms with Gasteiger partial charge in [0.2, 0.25) is 17.7 Å². The minimum absolute atomic E-state index is 0.0144. The molecule has 29 heavy (non-hydrogen) atoms. The van der Waals surface area contributed by atoms with Crippen molar-refractivity contribution >= 4 is 5.91 Å². The Bertz CT molecular complexity index is 820. The summed E-state index contributed by atoms with van der Waals surface area (Å²) < 4.78 is 48.6. The van der Waals surface area contributed by atoms with E-state index in [9.17, 15) is 18.0 Å². The van der Waals surface area contributed by atoms with Gasteiger partial charge in [0.05, 0.1) is 31.5 Å². The smallest absolute Gasteiger partial charge is 0.416 e. The lowest BCUT2D eigenvalue weighted by Crippen LogP contribution is -2.40. The maximum absolute atomic E-state index is 12.6. The molecule has 2 aromatic rings. The molecule has 0 atom stereocenters. The molecule has 1 aromatic heterocycles. The second-order valence-electron chi connectivity index (χ2n) is 6.93. The fourth-order valence-corrected chi connectivity index (χ4v) is 3.26. The van der Waals surface area contributed by atoms with Crippen LogP contribution in [-0.4, -0.2) is 35.1 Å². The third-order valence-corrected chi connectivity index (χ3v) is 4.77. The molecule has 0 unspecified atom stereocenters. The Balaban J connectivity index is 1.43. The summed E-state index contributed by atoms with van der Waals surface area (Å²) in [7, 11) is 1.51. The van der Waals surface area contributed by atoms with Crippen LogP contribution in [0.4, 0.5) is 13.2 Å². The number of hydrogen-bond acceptors (Lipinski definition) is 5. The molecule has 0 bridgehead atoms. The number of amides is 1. The first-order valence-corrected chi connectivity index (χ1v) is 9.31. The number of nitrogens with zero attached hydrogens (tertiary/aromatic N) is 2. The van der Waals surface area contributed by atoms with Gasteiger partial charge in [-0.1, -0.05) is 12.1 Å². The van der Waals surface area contributed by atoms with E-state index in [1.807, 2.05) is 0 Å². The summed E-state index contributed by atoms with van der Waals surface area (Å²) in [5.41, 5.74) is -0.176. The SMILES string of the molecule is COc1cncc(OC2CCC(NC(=O)Cc3ccc(C(F)(F)F)cc3)CC2)n1. The standard InChI is InChI=1S/C20H22F3N3O3/c1-28-18-11-24-12-19(26-18)29-16-8-6-15(7-9-16)25-17(27)10-13-2-4-14(5-3-13)20(21,22)23/h2-5,11-12,15-16H,6-10H2,1H3,(H,25,27). The molecular formula is C20H22F3N3O3. The fraction of sp³-hybridized carbons (Fsp3) is 0.450. The summed E-state index contributed by atoms with van der Waals surface area (Å²) in [4.78, 5) is 20.4. The number of benzene rings is 1. The van der Waals surface area contributed by atoms with Crippen LogP contribution in [-0.2, 0) is 17.4 Å². The highest BCUT2D eigenvalue weighted by atomic mass is 19.4. The Hall–Kier alpha value is -2.84. The Labute approximate surface area is 166 Å². The maximum Gasteiger partial charge on any atom is 0.416 e. The van der Waals surface area contributed by atoms with Crippen molar-refractivity contribution in [3.8, 4) is 11.8 Å². The molecular weight excluding hydrogens is 387 g/mol. The summed E-state index contributed by atoms with van der Waals surface area (Å²) in [6.07, 6.45) is 1.69. The van der Waals surface area contributed by atoms with E-state index in [1.165, 1.54) is 31.6 Å². The zero-order valence-corrected chi connectivity index (χ0v) is 15.9. The zero-order chi connectivity index (χ0) is 20.9. The van der Waals surface area contributed by atoms with Gasteiger partial charge >= 0.3 is 6.18 Å². The van der Waals surface area contributed by atoms with E-state index >= 15 is 0 Å². The van der Waals surface area contributed by atoms with Gasteiger partial charge < -0.3 is 14.8 Å². The summed E-state index contributed by atoms with van der Waals surface area (Å²) >= 11 is 0. The number of methoxy groups -OCH3 is 1. The number of nitrogens with one attached hydrogen (secondary N) is 1. The Morgan fingerprint density at radius 3 is 2.38 bits per heavy atom. The van der Waals surface area contributed by atoms with Crippen molar-refractivity contribution in [2.45, 2.75) is 50.4 Å². The monoisotopic (exact) mass is 409 g/mol. The molecule has 0 radical (unpaired) electrons. The average molecular weight is 409 g/mol. The van der Waals surface area contributed by atoms with Gasteiger partial charge in [0.25, 0.3) is 0 Å². The molecule has 9 heteroatoms. The van der Waals surface area contributed by atoms with Crippen LogP contribution >= 0.6 is 0 Å². The average Bonchev–Trinajstić information content (AvgIpc) is 2.69. The molecule has 0 saturated heterocycles. The van der Waals surface area contributed by atoms with Crippen molar-refractivity contribution < 1.29 is 27.4 Å². The van der Waals surface area contributed by atoms with Crippen LogP contribution in [0.1, 0.15) is 36.8 Å². The van der Waals surface area contributed by atoms with Crippen LogP contribution < -0.4 is 14.8 Å². The first-order valence-electron chi connectivity index (χ1n) is 9.31. The topological polar surface area (TPSA) is 73.3 Å². The van der Waals surface area contributed by atoms with Gasteiger partial charge in [-0.2, -0.15) is 18.2 Å². The molecule has 1 aliphatic rings. The highest BCUT2D eigenvalue weighted by molar-refractivity contribution is 5.78. The van der Waals surface area contributed by atoms with Gasteiger partial charge in [0, 0.05) is 6.04 Å². The number of alkyl halides is 3. The predicted octanol–water partition coefficient (Wildman–Crippen LogP) is 3.55. The van der Waals surface area contributed by atoms with E-state index in [4.69, 9.17) is 9.47 Å². The molecule has 1 heterocycles. The molecule has 156 valence electrons. The highest BCUT2D eigenvalue weighted by Crippen LogP contribution is 2.29. The molecule has 0 spiro atoms. The molecule has 3 rings (SSSR count). The number of rotatable bonds is 6. The van der Waals surface area contributed by atoms with Crippen LogP contribution in [0.3, 0.4) is 0 Å². The van der Waals surface area contributed by atoms with Gasteiger partial charge in [0.1, 0.15) is 6.10 Å². The third-order valence-electron chi connectivity index (χ3n) is 4.77. The lowest BCUT2D eigenvalue weighted by Gasteiger charge is -2.29. The highest BCUT2D eigenvalue weighted by Gasteiger charge is 2.30. The van der Waals surface area contributed by atoms with E-state index in [0.717, 1.165) is 37.8 Å². The zero-order valence-electron chi connectivity index (χ0n) is 15.9. The third kappa shape index (κ3) is 6.07. The van der Waals surface area contributed by atoms with E-state index in [-0.39, 0.29) is 24.5 Å². The van der Waals surface area contributed by atoms with Crippen molar-refractivity contribution in [1.82, 2.24) is 15.3 Å². The summed E-state index contributed by atoms with van der Waals surface area (Å²) in [5.74, 6) is 0.582. The Morgan fingerprint density at radius 2 is 1.76 bits per heavy atom. The van der Waals surface area contributed by atoms with E-state index in [2.05, 4.69) is 15.3 Å². The molecule has 0 aliphatic heterocycles. The first-order chi connectivity index (χ1) is 13.8. The van der Waals surface area contributed by atoms with Gasteiger partial charge in [-0.05, 0) is 43.4 Å². The number of halogens is 3. The number of aromatic nitrogens is 2. The molecule has 1 N–H and O–H groups in total. The normalized spacial score (nSPS) is 19.4. The van der Waals surface area contributed by atoms with Gasteiger partial charge in [-0.3, -0.25) is 9.78 Å². The molecule has 6 nitrogen and oxygen atoms in total. The van der Waals surface area contributed by atoms with Crippen molar-refractivity contribution in [1.29, 1.82) is 0 Å². The lowest BCUT2D eigenvalue weighted by atomic mass is 9.92. The molecule has 1 saturated carbocycles. The number of carbonyl (C=O) groups excluding carboxylic acids is 1. The molecule has 1 aromatic carbocycles. The molecule has 1 fully saturated rings. The van der Waals surface area contributed by atoms with Crippen molar-refractivity contribution in [3.05, 3.63) is 47.8 Å². The van der Waals surface area contributed by atoms with E-state index < -0.39 is 11.7 Å². The maximum atomic E-state index is 12.6. The number of ether oxygens (including phenoxy) is 2. The number of hydrogen-bond donors (Lipinski definition) is 1. The van der Waals surface area contributed by atoms with Gasteiger partial charge in [0.15, 0.2) is 0 Å². The second-order valence-corrected chi connectivity index (χ2v) is 6.93. The first kappa shape index (κ1) is 20.9. The van der Waals surface area contributed by atoms with Gasteiger partial charge in [-0.25, -0.2) is 0 Å². The van der Waals surface area contributed by atoms with Crippen molar-refractivity contribution in [3.63, 3.8) is 0 Å². The summed E-state index contributed by atoms with van der Waals surface area (Å²) in [5, 5.41) is 2.95. The fourth-order valence-electron chi connectivity index (χ4n) is 3.26. The number of carbonyl (C=O) groups is 1. The Morgan fingerprint density at radius 1 is 1.10 bits per heavy atom. The largest absolute Gasteiger partial charge is 0.480 e.